The maximum Gasteiger partial charge on any atom is 0.453 e. The monoisotopic (exact) mass is 491 g/mol. The first-order valence-corrected chi connectivity index (χ1v) is 10.5. The average molecular weight is 492 g/mol. The number of carbonyl (C=O) groups excluding carboxylic acids is 2. The maximum absolute atomic E-state index is 12.7. The summed E-state index contributed by atoms with van der Waals surface area (Å²) >= 11 is 7.95. The number of halogens is 4. The van der Waals surface area contributed by atoms with Crippen molar-refractivity contribution in [1.82, 2.24) is 14.9 Å². The third-order valence-electron chi connectivity index (χ3n) is 3.85. The summed E-state index contributed by atoms with van der Waals surface area (Å²) in [6, 6.07) is 6.84. The number of nitrogens with zero attached hydrogens (tertiary/aromatic N) is 3. The van der Waals surface area contributed by atoms with Gasteiger partial charge in [-0.05, 0) is 6.07 Å². The lowest BCUT2D eigenvalue weighted by molar-refractivity contribution is -0.146. The topological polar surface area (TPSA) is 112 Å². The van der Waals surface area contributed by atoms with Crippen LogP contribution in [0.2, 0.25) is 5.02 Å². The second kappa shape index (κ2) is 9.16. The Morgan fingerprint density at radius 2 is 2.00 bits per heavy atom. The van der Waals surface area contributed by atoms with Crippen LogP contribution in [0.3, 0.4) is 0 Å². The number of nitrogen functional groups attached to an aromatic ring is 1. The van der Waals surface area contributed by atoms with Gasteiger partial charge in [-0.15, -0.1) is 21.5 Å². The number of nitrogens with one attached hydrogen (secondary N) is 1. The van der Waals surface area contributed by atoms with Crippen molar-refractivity contribution in [2.75, 3.05) is 24.0 Å². The Morgan fingerprint density at radius 3 is 2.61 bits per heavy atom. The zero-order valence-corrected chi connectivity index (χ0v) is 18.0. The summed E-state index contributed by atoms with van der Waals surface area (Å²) < 4.78 is 43.3. The third-order valence-corrected chi connectivity index (χ3v) is 6.02. The van der Waals surface area contributed by atoms with Gasteiger partial charge in [0.15, 0.2) is 0 Å². The van der Waals surface area contributed by atoms with Crippen LogP contribution < -0.4 is 11.2 Å². The average Bonchev–Trinajstić information content (AvgIpc) is 3.29. The number of carbonyl (C=O) groups is 2. The molecule has 0 fully saturated rings. The van der Waals surface area contributed by atoms with E-state index in [0.29, 0.717) is 27.9 Å². The van der Waals surface area contributed by atoms with E-state index in [-0.39, 0.29) is 26.1 Å². The number of hydrogen-bond acceptors (Lipinski definition) is 8. The molecule has 14 heteroatoms. The second-order valence-corrected chi connectivity index (χ2v) is 8.07. The predicted molar refractivity (Wildman–Crippen MR) is 111 cm³/mol. The van der Waals surface area contributed by atoms with Crippen molar-refractivity contribution >= 4 is 51.6 Å². The van der Waals surface area contributed by atoms with E-state index in [1.165, 1.54) is 7.11 Å². The fourth-order valence-electron chi connectivity index (χ4n) is 2.49. The molecule has 0 atom stereocenters. The molecule has 0 saturated heterocycles. The molecule has 0 bridgehead atoms. The standard InChI is InChI=1S/C17H13ClF3N5O3S2/c1-29-14(28)12-9(8-4-2-3-5-10(8)18)6-30-13(12)23-11(27)7-31-16-25-24-15(26(16)22)17(19,20)21/h2-6H,7,22H2,1H3,(H,23,27). The number of ether oxygens (including phenoxy) is 1. The fourth-order valence-corrected chi connectivity index (χ4v) is 4.35. The highest BCUT2D eigenvalue weighted by atomic mass is 35.5. The van der Waals surface area contributed by atoms with E-state index >= 15 is 0 Å². The lowest BCUT2D eigenvalue weighted by atomic mass is 10.0. The van der Waals surface area contributed by atoms with Crippen LogP contribution in [0.25, 0.3) is 11.1 Å². The number of hydrogen-bond donors (Lipinski definition) is 2. The van der Waals surface area contributed by atoms with Gasteiger partial charge in [0, 0.05) is 21.5 Å². The molecule has 8 nitrogen and oxygen atoms in total. The summed E-state index contributed by atoms with van der Waals surface area (Å²) in [6.07, 6.45) is -4.77. The number of thiophene rings is 1. The second-order valence-electron chi connectivity index (χ2n) is 5.84. The van der Waals surface area contributed by atoms with E-state index in [4.69, 9.17) is 22.2 Å². The number of alkyl halides is 3. The lowest BCUT2D eigenvalue weighted by Gasteiger charge is -2.09. The fraction of sp³-hybridized carbons (Fsp3) is 0.176. The first-order chi connectivity index (χ1) is 14.6. The Morgan fingerprint density at radius 1 is 1.29 bits per heavy atom. The van der Waals surface area contributed by atoms with Gasteiger partial charge in [0.25, 0.3) is 5.82 Å². The highest BCUT2D eigenvalue weighted by Crippen LogP contribution is 2.39. The van der Waals surface area contributed by atoms with Crippen LogP contribution >= 0.6 is 34.7 Å². The van der Waals surface area contributed by atoms with Crippen LogP contribution in [0, 0.1) is 0 Å². The van der Waals surface area contributed by atoms with Gasteiger partial charge in [-0.2, -0.15) is 13.2 Å². The number of nitrogens with two attached hydrogens (primary N) is 1. The molecule has 164 valence electrons. The largest absolute Gasteiger partial charge is 0.465 e. The molecule has 0 saturated carbocycles. The number of rotatable bonds is 6. The normalized spacial score (nSPS) is 11.4. The zero-order valence-electron chi connectivity index (χ0n) is 15.6. The van der Waals surface area contributed by atoms with E-state index in [9.17, 15) is 22.8 Å². The minimum absolute atomic E-state index is 0.111. The Labute approximate surface area is 186 Å². The van der Waals surface area contributed by atoms with Crippen LogP contribution in [0.4, 0.5) is 18.2 Å². The molecule has 0 aliphatic carbocycles. The molecule has 3 rings (SSSR count). The maximum atomic E-state index is 12.7. The van der Waals surface area contributed by atoms with Gasteiger partial charge in [0.1, 0.15) is 10.6 Å². The van der Waals surface area contributed by atoms with Crippen molar-refractivity contribution in [3.8, 4) is 11.1 Å². The molecule has 3 aromatic rings. The number of anilines is 1. The molecular weight excluding hydrogens is 479 g/mol. The van der Waals surface area contributed by atoms with Crippen LogP contribution in [0.5, 0.6) is 0 Å². The van der Waals surface area contributed by atoms with Crippen LogP contribution in [0.15, 0.2) is 34.8 Å². The Kier molecular flexibility index (Phi) is 6.77. The first-order valence-electron chi connectivity index (χ1n) is 8.28. The minimum atomic E-state index is -4.77. The highest BCUT2D eigenvalue weighted by molar-refractivity contribution is 7.99. The van der Waals surface area contributed by atoms with Crippen LogP contribution in [-0.4, -0.2) is 39.6 Å². The van der Waals surface area contributed by atoms with E-state index in [0.717, 1.165) is 11.3 Å². The Hall–Kier alpha value is -2.77. The summed E-state index contributed by atoms with van der Waals surface area (Å²) in [5.41, 5.74) is 1.16. The summed E-state index contributed by atoms with van der Waals surface area (Å²) in [5, 5.41) is 10.8. The molecule has 31 heavy (non-hydrogen) atoms. The molecule has 0 aliphatic rings. The predicted octanol–water partition coefficient (Wildman–Crippen LogP) is 3.91. The molecule has 2 aromatic heterocycles. The van der Waals surface area contributed by atoms with Gasteiger partial charge in [0.05, 0.1) is 12.9 Å². The van der Waals surface area contributed by atoms with Crippen LogP contribution in [0.1, 0.15) is 16.2 Å². The Bertz CT molecular complexity index is 1130. The number of amides is 1. The van der Waals surface area contributed by atoms with Crippen molar-refractivity contribution in [3.05, 3.63) is 46.1 Å². The van der Waals surface area contributed by atoms with Gasteiger partial charge in [-0.25, -0.2) is 9.47 Å². The van der Waals surface area contributed by atoms with Gasteiger partial charge < -0.3 is 15.9 Å². The molecule has 1 amide bonds. The van der Waals surface area contributed by atoms with Gasteiger partial charge >= 0.3 is 12.1 Å². The number of benzene rings is 1. The highest BCUT2D eigenvalue weighted by Gasteiger charge is 2.38. The minimum Gasteiger partial charge on any atom is -0.465 e. The van der Waals surface area contributed by atoms with E-state index in [2.05, 4.69) is 15.5 Å². The van der Waals surface area contributed by atoms with Crippen molar-refractivity contribution in [3.63, 3.8) is 0 Å². The van der Waals surface area contributed by atoms with Crippen molar-refractivity contribution in [2.24, 2.45) is 0 Å². The number of thioether (sulfide) groups is 1. The molecule has 1 aromatic carbocycles. The molecule has 0 unspecified atom stereocenters. The number of esters is 1. The van der Waals surface area contributed by atoms with Crippen molar-refractivity contribution in [1.29, 1.82) is 0 Å². The van der Waals surface area contributed by atoms with Crippen molar-refractivity contribution < 1.29 is 27.5 Å². The SMILES string of the molecule is COC(=O)c1c(-c2ccccc2Cl)csc1NC(=O)CSc1nnc(C(F)(F)F)n1N. The summed E-state index contributed by atoms with van der Waals surface area (Å²) in [4.78, 5) is 24.7. The molecule has 0 spiro atoms. The van der Waals surface area contributed by atoms with E-state index in [1.807, 2.05) is 0 Å². The molecule has 0 aliphatic heterocycles. The van der Waals surface area contributed by atoms with Crippen molar-refractivity contribution in [2.45, 2.75) is 11.3 Å². The van der Waals surface area contributed by atoms with Gasteiger partial charge in [-0.1, -0.05) is 41.6 Å². The van der Waals surface area contributed by atoms with E-state index < -0.39 is 23.9 Å². The molecule has 0 radical (unpaired) electrons. The summed E-state index contributed by atoms with van der Waals surface area (Å²) in [6.45, 7) is 0. The number of aromatic nitrogens is 3. The smallest absolute Gasteiger partial charge is 0.453 e. The molecule has 3 N–H and O–H groups in total. The summed E-state index contributed by atoms with van der Waals surface area (Å²) in [5.74, 6) is 2.35. The van der Waals surface area contributed by atoms with Gasteiger partial charge in [0.2, 0.25) is 11.1 Å². The summed E-state index contributed by atoms with van der Waals surface area (Å²) in [7, 11) is 1.20. The molecular formula is C17H13ClF3N5O3S2. The third kappa shape index (κ3) is 4.94. The number of methoxy groups -OCH3 is 1. The van der Waals surface area contributed by atoms with E-state index in [1.54, 1.807) is 29.6 Å². The van der Waals surface area contributed by atoms with Gasteiger partial charge in [-0.3, -0.25) is 4.79 Å². The lowest BCUT2D eigenvalue weighted by Crippen LogP contribution is -2.22. The Balaban J connectivity index is 1.78. The first kappa shape index (κ1) is 22.9. The molecule has 2 heterocycles. The van der Waals surface area contributed by atoms with Crippen LogP contribution in [-0.2, 0) is 15.7 Å². The quantitative estimate of drug-likeness (QED) is 0.305. The zero-order chi connectivity index (χ0) is 22.8.